The van der Waals surface area contributed by atoms with Crippen molar-refractivity contribution in [1.29, 1.82) is 0 Å². The van der Waals surface area contributed by atoms with Crippen molar-refractivity contribution in [1.82, 2.24) is 14.1 Å². The third-order valence-corrected chi connectivity index (χ3v) is 3.12. The van der Waals surface area contributed by atoms with E-state index in [1.165, 1.54) is 33.7 Å². The SMILES string of the molecule is Nc1ccc(=O)n(CCn2cc(Br)c(=O)[nH]c2=O)c1. The number of anilines is 1. The summed E-state index contributed by atoms with van der Waals surface area (Å²) < 4.78 is 2.97. The fourth-order valence-corrected chi connectivity index (χ4v) is 1.94. The van der Waals surface area contributed by atoms with Crippen LogP contribution in [-0.4, -0.2) is 14.1 Å². The van der Waals surface area contributed by atoms with Gasteiger partial charge in [-0.3, -0.25) is 19.1 Å². The summed E-state index contributed by atoms with van der Waals surface area (Å²) in [4.78, 5) is 36.4. The maximum Gasteiger partial charge on any atom is 0.328 e. The van der Waals surface area contributed by atoms with Crippen LogP contribution in [0.4, 0.5) is 5.69 Å². The molecule has 19 heavy (non-hydrogen) atoms. The fraction of sp³-hybridized carbons (Fsp3) is 0.182. The minimum atomic E-state index is -0.523. The van der Waals surface area contributed by atoms with Gasteiger partial charge < -0.3 is 10.3 Å². The summed E-state index contributed by atoms with van der Waals surface area (Å²) in [6.07, 6.45) is 2.90. The van der Waals surface area contributed by atoms with Gasteiger partial charge in [0.1, 0.15) is 0 Å². The number of halogens is 1. The summed E-state index contributed by atoms with van der Waals surface area (Å²) in [5.74, 6) is 0. The summed E-state index contributed by atoms with van der Waals surface area (Å²) in [6, 6.07) is 2.88. The molecule has 0 aliphatic rings. The van der Waals surface area contributed by atoms with Crippen molar-refractivity contribution in [3.63, 3.8) is 0 Å². The van der Waals surface area contributed by atoms with Crippen LogP contribution in [0.5, 0.6) is 0 Å². The maximum absolute atomic E-state index is 11.6. The van der Waals surface area contributed by atoms with Gasteiger partial charge in [0, 0.05) is 37.2 Å². The number of hydrogen-bond donors (Lipinski definition) is 2. The number of pyridine rings is 1. The van der Waals surface area contributed by atoms with Crippen molar-refractivity contribution in [3.05, 3.63) is 60.2 Å². The minimum absolute atomic E-state index is 0.203. The van der Waals surface area contributed by atoms with Crippen LogP contribution in [0.15, 0.2) is 43.4 Å². The fourth-order valence-electron chi connectivity index (χ4n) is 1.59. The molecule has 0 bridgehead atoms. The second-order valence-corrected chi connectivity index (χ2v) is 4.78. The molecule has 0 saturated heterocycles. The van der Waals surface area contributed by atoms with E-state index in [1.54, 1.807) is 0 Å². The Bertz CT molecular complexity index is 774. The lowest BCUT2D eigenvalue weighted by Crippen LogP contribution is -2.32. The number of aromatic amines is 1. The van der Waals surface area contributed by atoms with Crippen molar-refractivity contribution in [3.8, 4) is 0 Å². The average Bonchev–Trinajstić information content (AvgIpc) is 2.36. The Labute approximate surface area is 115 Å². The van der Waals surface area contributed by atoms with Crippen LogP contribution in [0.2, 0.25) is 0 Å². The number of nitrogen functional groups attached to an aromatic ring is 1. The molecule has 0 aliphatic carbocycles. The van der Waals surface area contributed by atoms with Crippen molar-refractivity contribution >= 4 is 21.6 Å². The highest BCUT2D eigenvalue weighted by Gasteiger charge is 2.03. The van der Waals surface area contributed by atoms with Crippen molar-refractivity contribution in [2.24, 2.45) is 0 Å². The third-order valence-electron chi connectivity index (χ3n) is 2.56. The summed E-state index contributed by atoms with van der Waals surface area (Å²) in [5.41, 5.74) is 4.84. The molecule has 0 fully saturated rings. The standard InChI is InChI=1S/C11H11BrN4O3/c12-8-6-16(11(19)14-10(8)18)4-3-15-5-7(13)1-2-9(15)17/h1-2,5-6H,3-4,13H2,(H,14,18,19). The first-order valence-electron chi connectivity index (χ1n) is 5.42. The molecule has 0 amide bonds. The van der Waals surface area contributed by atoms with E-state index in [-0.39, 0.29) is 23.1 Å². The number of rotatable bonds is 3. The summed E-state index contributed by atoms with van der Waals surface area (Å²) in [5, 5.41) is 0. The van der Waals surface area contributed by atoms with Gasteiger partial charge in [-0.25, -0.2) is 4.79 Å². The van der Waals surface area contributed by atoms with Crippen LogP contribution >= 0.6 is 15.9 Å². The van der Waals surface area contributed by atoms with E-state index in [2.05, 4.69) is 20.9 Å². The van der Waals surface area contributed by atoms with Crippen LogP contribution in [0.3, 0.4) is 0 Å². The molecule has 2 aromatic heterocycles. The lowest BCUT2D eigenvalue weighted by atomic mass is 10.4. The van der Waals surface area contributed by atoms with E-state index in [1.807, 2.05) is 0 Å². The summed E-state index contributed by atoms with van der Waals surface area (Å²) in [6.45, 7) is 0.528. The number of nitrogens with two attached hydrogens (primary N) is 1. The zero-order valence-corrected chi connectivity index (χ0v) is 11.4. The van der Waals surface area contributed by atoms with E-state index in [4.69, 9.17) is 5.73 Å². The smallest absolute Gasteiger partial charge is 0.328 e. The van der Waals surface area contributed by atoms with Crippen LogP contribution in [0.1, 0.15) is 0 Å². The van der Waals surface area contributed by atoms with E-state index in [9.17, 15) is 14.4 Å². The molecule has 2 rings (SSSR count). The Morgan fingerprint density at radius 3 is 2.53 bits per heavy atom. The first-order valence-corrected chi connectivity index (χ1v) is 6.22. The van der Waals surface area contributed by atoms with Gasteiger partial charge in [-0.15, -0.1) is 0 Å². The normalized spacial score (nSPS) is 10.6. The zero-order chi connectivity index (χ0) is 14.0. The van der Waals surface area contributed by atoms with Crippen LogP contribution in [-0.2, 0) is 13.1 Å². The Balaban J connectivity index is 2.26. The number of H-pyrrole nitrogens is 1. The number of aromatic nitrogens is 3. The molecule has 0 saturated carbocycles. The minimum Gasteiger partial charge on any atom is -0.398 e. The molecule has 100 valence electrons. The maximum atomic E-state index is 11.6. The second kappa shape index (κ2) is 5.27. The number of nitrogens with one attached hydrogen (secondary N) is 1. The molecule has 0 unspecified atom stereocenters. The molecule has 7 nitrogen and oxygen atoms in total. The predicted octanol–water partition coefficient (Wildman–Crippen LogP) is -0.257. The summed E-state index contributed by atoms with van der Waals surface area (Å²) >= 11 is 3.04. The Hall–Kier alpha value is -2.09. The van der Waals surface area contributed by atoms with Crippen LogP contribution < -0.4 is 22.5 Å². The zero-order valence-electron chi connectivity index (χ0n) is 9.80. The third kappa shape index (κ3) is 3.02. The van der Waals surface area contributed by atoms with E-state index >= 15 is 0 Å². The Morgan fingerprint density at radius 2 is 1.79 bits per heavy atom. The Kier molecular flexibility index (Phi) is 3.70. The summed E-state index contributed by atoms with van der Waals surface area (Å²) in [7, 11) is 0. The molecule has 0 aliphatic heterocycles. The monoisotopic (exact) mass is 326 g/mol. The first kappa shape index (κ1) is 13.3. The van der Waals surface area contributed by atoms with Gasteiger partial charge >= 0.3 is 5.69 Å². The van der Waals surface area contributed by atoms with Gasteiger partial charge in [-0.2, -0.15) is 0 Å². The molecule has 8 heteroatoms. The van der Waals surface area contributed by atoms with Crippen molar-refractivity contribution in [2.75, 3.05) is 5.73 Å². The molecular formula is C11H11BrN4O3. The molecule has 2 heterocycles. The van der Waals surface area contributed by atoms with Crippen molar-refractivity contribution < 1.29 is 0 Å². The van der Waals surface area contributed by atoms with Gasteiger partial charge in [0.15, 0.2) is 0 Å². The van der Waals surface area contributed by atoms with Crippen molar-refractivity contribution in [2.45, 2.75) is 13.1 Å². The molecular weight excluding hydrogens is 316 g/mol. The average molecular weight is 327 g/mol. The van der Waals surface area contributed by atoms with Gasteiger partial charge in [0.25, 0.3) is 11.1 Å². The number of nitrogens with zero attached hydrogens (tertiary/aromatic N) is 2. The Morgan fingerprint density at radius 1 is 1.11 bits per heavy atom. The van der Waals surface area contributed by atoms with Crippen LogP contribution in [0, 0.1) is 0 Å². The van der Waals surface area contributed by atoms with Gasteiger partial charge in [-0.1, -0.05) is 0 Å². The van der Waals surface area contributed by atoms with Gasteiger partial charge in [-0.05, 0) is 22.0 Å². The lowest BCUT2D eigenvalue weighted by Gasteiger charge is -2.08. The predicted molar refractivity (Wildman–Crippen MR) is 74.1 cm³/mol. The van der Waals surface area contributed by atoms with Gasteiger partial charge in [0.05, 0.1) is 4.47 Å². The molecule has 3 N–H and O–H groups in total. The highest BCUT2D eigenvalue weighted by molar-refractivity contribution is 9.10. The number of hydrogen-bond acceptors (Lipinski definition) is 4. The van der Waals surface area contributed by atoms with Gasteiger partial charge in [0.2, 0.25) is 0 Å². The quantitative estimate of drug-likeness (QED) is 0.811. The van der Waals surface area contributed by atoms with E-state index in [0.717, 1.165) is 0 Å². The van der Waals surface area contributed by atoms with E-state index in [0.29, 0.717) is 5.69 Å². The van der Waals surface area contributed by atoms with E-state index < -0.39 is 11.2 Å². The highest BCUT2D eigenvalue weighted by Crippen LogP contribution is 1.99. The molecule has 0 aromatic carbocycles. The lowest BCUT2D eigenvalue weighted by molar-refractivity contribution is 0.542. The second-order valence-electron chi connectivity index (χ2n) is 3.92. The topological polar surface area (TPSA) is 103 Å². The molecule has 0 atom stereocenters. The molecule has 0 spiro atoms. The molecule has 2 aromatic rings. The van der Waals surface area contributed by atoms with Crippen LogP contribution in [0.25, 0.3) is 0 Å². The number of aryl methyl sites for hydroxylation is 2. The molecule has 0 radical (unpaired) electrons. The first-order chi connectivity index (χ1) is 8.97. The largest absolute Gasteiger partial charge is 0.398 e. The highest BCUT2D eigenvalue weighted by atomic mass is 79.9.